The van der Waals surface area contributed by atoms with Gasteiger partial charge in [-0.05, 0) is 13.8 Å². The molecule has 0 amide bonds. The summed E-state index contributed by atoms with van der Waals surface area (Å²) in [6.45, 7) is 4.35. The van der Waals surface area contributed by atoms with Crippen molar-refractivity contribution in [2.75, 3.05) is 25.8 Å². The zero-order chi connectivity index (χ0) is 17.7. The van der Waals surface area contributed by atoms with Crippen molar-refractivity contribution in [1.29, 1.82) is 0 Å². The Hall–Kier alpha value is -1.58. The fourth-order valence-electron chi connectivity index (χ4n) is 1.96. The van der Waals surface area contributed by atoms with E-state index in [1.54, 1.807) is 10.9 Å². The molecule has 2 atom stereocenters. The highest BCUT2D eigenvalue weighted by Gasteiger charge is 2.22. The maximum absolute atomic E-state index is 11.6. The number of anilines is 1. The van der Waals surface area contributed by atoms with E-state index < -0.39 is 20.0 Å². The predicted molar refractivity (Wildman–Crippen MR) is 87.4 cm³/mol. The van der Waals surface area contributed by atoms with Gasteiger partial charge in [-0.2, -0.15) is 0 Å². The Kier molecular flexibility index (Phi) is 6.25. The van der Waals surface area contributed by atoms with Crippen LogP contribution in [-0.2, 0) is 25.1 Å². The van der Waals surface area contributed by atoms with E-state index in [1.807, 2.05) is 13.8 Å². The molecule has 0 aliphatic rings. The molecule has 0 bridgehead atoms. The minimum Gasteiger partial charge on any atom is -0.382 e. The molecule has 0 saturated heterocycles. The number of imidazole rings is 1. The molecule has 2 aromatic heterocycles. The molecule has 0 aliphatic heterocycles. The van der Waals surface area contributed by atoms with Gasteiger partial charge in [-0.1, -0.05) is 0 Å². The Morgan fingerprint density at radius 3 is 2.75 bits per heavy atom. The highest BCUT2D eigenvalue weighted by atomic mass is 31.2. The van der Waals surface area contributed by atoms with Gasteiger partial charge in [0, 0.05) is 7.11 Å². The topological polar surface area (TPSA) is 135 Å². The number of hydrogen-bond acceptors (Lipinski definition) is 8. The number of nitrogens with zero attached hydrogens (tertiary/aromatic N) is 4. The average molecular weight is 359 g/mol. The van der Waals surface area contributed by atoms with Crippen LogP contribution in [0.1, 0.15) is 13.8 Å². The van der Waals surface area contributed by atoms with Gasteiger partial charge in [0.2, 0.25) is 0 Å². The Labute approximate surface area is 139 Å². The standard InChI is InChI=1S/C13H22N5O5P/c1-9(2)22-5-10(23-8-24(19,20)21-3)4-18-7-17-11-12(14)15-6-16-13(11)18/h6-7,9-10H,4-5,8H2,1-3H3,(H,19,20)(H2,14,15,16)/t10-/m0/s1. The number of aromatic nitrogens is 4. The summed E-state index contributed by atoms with van der Waals surface area (Å²) in [6.07, 6.45) is 1.99. The van der Waals surface area contributed by atoms with Crippen LogP contribution in [0.15, 0.2) is 12.7 Å². The Bertz CT molecular complexity index is 722. The molecular formula is C13H22N5O5P. The van der Waals surface area contributed by atoms with Crippen LogP contribution in [0.5, 0.6) is 0 Å². The lowest BCUT2D eigenvalue weighted by Crippen LogP contribution is -2.27. The maximum Gasteiger partial charge on any atom is 0.353 e. The molecule has 3 N–H and O–H groups in total. The van der Waals surface area contributed by atoms with Crippen LogP contribution in [0.4, 0.5) is 5.82 Å². The quantitative estimate of drug-likeness (QED) is 0.629. The highest BCUT2D eigenvalue weighted by Crippen LogP contribution is 2.40. The normalized spacial score (nSPS) is 15.7. The smallest absolute Gasteiger partial charge is 0.353 e. The second-order valence-corrected chi connectivity index (χ2v) is 7.35. The van der Waals surface area contributed by atoms with Crippen molar-refractivity contribution < 1.29 is 23.5 Å². The molecule has 2 aromatic rings. The molecule has 0 fully saturated rings. The molecule has 24 heavy (non-hydrogen) atoms. The molecule has 1 unspecified atom stereocenters. The van der Waals surface area contributed by atoms with E-state index in [2.05, 4.69) is 19.5 Å². The SMILES string of the molecule is COP(=O)(O)CO[C@H](COC(C)C)Cn1cnc2c(N)ncnc21. The van der Waals surface area contributed by atoms with E-state index in [0.29, 0.717) is 17.7 Å². The summed E-state index contributed by atoms with van der Waals surface area (Å²) in [5, 5.41) is 0. The number of fused-ring (bicyclic) bond motifs is 1. The van der Waals surface area contributed by atoms with E-state index in [-0.39, 0.29) is 18.5 Å². The Balaban J connectivity index is 2.13. The summed E-state index contributed by atoms with van der Waals surface area (Å²) in [7, 11) is -2.61. The van der Waals surface area contributed by atoms with Crippen molar-refractivity contribution in [1.82, 2.24) is 19.5 Å². The van der Waals surface area contributed by atoms with Gasteiger partial charge in [-0.25, -0.2) is 15.0 Å². The van der Waals surface area contributed by atoms with E-state index in [9.17, 15) is 9.46 Å². The van der Waals surface area contributed by atoms with Gasteiger partial charge in [0.1, 0.15) is 18.2 Å². The van der Waals surface area contributed by atoms with Gasteiger partial charge < -0.3 is 29.2 Å². The summed E-state index contributed by atoms with van der Waals surface area (Å²) in [5.41, 5.74) is 6.81. The Morgan fingerprint density at radius 2 is 2.08 bits per heavy atom. The van der Waals surface area contributed by atoms with Crippen molar-refractivity contribution in [2.45, 2.75) is 32.6 Å². The summed E-state index contributed by atoms with van der Waals surface area (Å²) in [4.78, 5) is 21.7. The van der Waals surface area contributed by atoms with Gasteiger partial charge >= 0.3 is 7.60 Å². The third kappa shape index (κ3) is 4.96. The van der Waals surface area contributed by atoms with E-state index >= 15 is 0 Å². The van der Waals surface area contributed by atoms with Crippen molar-refractivity contribution in [3.63, 3.8) is 0 Å². The zero-order valence-corrected chi connectivity index (χ0v) is 14.7. The molecular weight excluding hydrogens is 337 g/mol. The van der Waals surface area contributed by atoms with Crippen LogP contribution < -0.4 is 5.73 Å². The van der Waals surface area contributed by atoms with Gasteiger partial charge in [-0.3, -0.25) is 4.57 Å². The highest BCUT2D eigenvalue weighted by molar-refractivity contribution is 7.52. The summed E-state index contributed by atoms with van der Waals surface area (Å²) in [5.74, 6) is 0.286. The minimum atomic E-state index is -3.77. The van der Waals surface area contributed by atoms with Crippen molar-refractivity contribution in [3.8, 4) is 0 Å². The lowest BCUT2D eigenvalue weighted by Gasteiger charge is -2.21. The second kappa shape index (κ2) is 8.00. The van der Waals surface area contributed by atoms with Gasteiger partial charge in [0.15, 0.2) is 11.5 Å². The first-order valence-corrected chi connectivity index (χ1v) is 9.10. The Morgan fingerprint density at radius 1 is 1.33 bits per heavy atom. The molecule has 0 saturated carbocycles. The van der Waals surface area contributed by atoms with Gasteiger partial charge in [0.25, 0.3) is 0 Å². The lowest BCUT2D eigenvalue weighted by atomic mass is 10.3. The van der Waals surface area contributed by atoms with Crippen LogP contribution in [-0.4, -0.2) is 56.7 Å². The van der Waals surface area contributed by atoms with Gasteiger partial charge in [-0.15, -0.1) is 0 Å². The van der Waals surface area contributed by atoms with Crippen molar-refractivity contribution in [2.24, 2.45) is 0 Å². The molecule has 0 radical (unpaired) electrons. The molecule has 0 spiro atoms. The lowest BCUT2D eigenvalue weighted by molar-refractivity contribution is -0.0315. The summed E-state index contributed by atoms with van der Waals surface area (Å²) >= 11 is 0. The number of nitrogens with two attached hydrogens (primary N) is 1. The molecule has 2 heterocycles. The molecule has 134 valence electrons. The van der Waals surface area contributed by atoms with E-state index in [4.69, 9.17) is 15.2 Å². The third-order valence-corrected chi connectivity index (χ3v) is 4.25. The molecule has 10 nitrogen and oxygen atoms in total. The zero-order valence-electron chi connectivity index (χ0n) is 13.8. The monoisotopic (exact) mass is 359 g/mol. The third-order valence-electron chi connectivity index (χ3n) is 3.20. The predicted octanol–water partition coefficient (Wildman–Crippen LogP) is 1.01. The number of rotatable bonds is 9. The second-order valence-electron chi connectivity index (χ2n) is 5.45. The largest absolute Gasteiger partial charge is 0.382 e. The first kappa shape index (κ1) is 18.8. The minimum absolute atomic E-state index is 0.00282. The first-order chi connectivity index (χ1) is 11.3. The molecule has 0 aliphatic carbocycles. The first-order valence-electron chi connectivity index (χ1n) is 7.34. The molecule has 11 heteroatoms. The van der Waals surface area contributed by atoms with Crippen molar-refractivity contribution >= 4 is 24.6 Å². The van der Waals surface area contributed by atoms with Crippen LogP contribution in [0.3, 0.4) is 0 Å². The van der Waals surface area contributed by atoms with Gasteiger partial charge in [0.05, 0.1) is 31.7 Å². The van der Waals surface area contributed by atoms with E-state index in [0.717, 1.165) is 7.11 Å². The number of nitrogen functional groups attached to an aromatic ring is 1. The van der Waals surface area contributed by atoms with Crippen LogP contribution in [0, 0.1) is 0 Å². The number of ether oxygens (including phenoxy) is 2. The fourth-order valence-corrected chi connectivity index (χ4v) is 2.46. The van der Waals surface area contributed by atoms with Crippen LogP contribution in [0.25, 0.3) is 11.2 Å². The number of hydrogen-bond donors (Lipinski definition) is 2. The van der Waals surface area contributed by atoms with E-state index in [1.165, 1.54) is 6.33 Å². The van der Waals surface area contributed by atoms with Crippen molar-refractivity contribution in [3.05, 3.63) is 12.7 Å². The molecule has 2 rings (SSSR count). The van der Waals surface area contributed by atoms with Crippen LogP contribution in [0.2, 0.25) is 0 Å². The average Bonchev–Trinajstić information content (AvgIpc) is 2.94. The van der Waals surface area contributed by atoms with Crippen LogP contribution >= 0.6 is 7.60 Å². The fraction of sp³-hybridized carbons (Fsp3) is 0.615. The molecule has 0 aromatic carbocycles. The summed E-state index contributed by atoms with van der Waals surface area (Å²) < 4.78 is 28.9. The summed E-state index contributed by atoms with van der Waals surface area (Å²) in [6, 6.07) is 0. The maximum atomic E-state index is 11.6.